The largest absolute Gasteiger partial charge is 0.0810 e. The average Bonchev–Trinajstić information content (AvgIpc) is 2.73. The molecular formula is C16H22. The van der Waals surface area contributed by atoms with E-state index in [0.717, 1.165) is 17.8 Å². The Balaban J connectivity index is 1.79. The van der Waals surface area contributed by atoms with Crippen molar-refractivity contribution in [3.8, 4) is 0 Å². The molecule has 0 N–H and O–H groups in total. The first-order valence-corrected chi connectivity index (χ1v) is 6.93. The minimum atomic E-state index is 0.682. The van der Waals surface area contributed by atoms with Crippen LogP contribution in [0.5, 0.6) is 0 Å². The first-order valence-electron chi connectivity index (χ1n) is 6.93. The summed E-state index contributed by atoms with van der Waals surface area (Å²) in [6.45, 7) is 2.33. The highest BCUT2D eigenvalue weighted by atomic mass is 14.4. The predicted octanol–water partition coefficient (Wildman–Crippen LogP) is 4.50. The van der Waals surface area contributed by atoms with E-state index >= 15 is 0 Å². The summed E-state index contributed by atoms with van der Waals surface area (Å²) in [5, 5.41) is 0. The molecule has 0 radical (unpaired) electrons. The molecule has 1 unspecified atom stereocenters. The summed E-state index contributed by atoms with van der Waals surface area (Å²) in [7, 11) is 0. The van der Waals surface area contributed by atoms with Gasteiger partial charge >= 0.3 is 0 Å². The molecule has 0 bridgehead atoms. The van der Waals surface area contributed by atoms with E-state index in [-0.39, 0.29) is 0 Å². The molecule has 0 heterocycles. The van der Waals surface area contributed by atoms with Crippen molar-refractivity contribution in [2.45, 2.75) is 39.0 Å². The van der Waals surface area contributed by atoms with Gasteiger partial charge in [-0.2, -0.15) is 0 Å². The van der Waals surface area contributed by atoms with Gasteiger partial charge in [-0.25, -0.2) is 0 Å². The van der Waals surface area contributed by atoms with Crippen LogP contribution >= 0.6 is 0 Å². The van der Waals surface area contributed by atoms with E-state index in [0.29, 0.717) is 5.92 Å². The third kappa shape index (κ3) is 1.69. The molecule has 0 aromatic carbocycles. The zero-order chi connectivity index (χ0) is 11.0. The molecule has 0 aromatic rings. The van der Waals surface area contributed by atoms with Gasteiger partial charge in [-0.1, -0.05) is 62.1 Å². The molecular weight excluding hydrogens is 192 g/mol. The molecule has 0 heteroatoms. The summed E-state index contributed by atoms with van der Waals surface area (Å²) in [6, 6.07) is 0. The Labute approximate surface area is 99.1 Å². The highest BCUT2D eigenvalue weighted by molar-refractivity contribution is 5.35. The van der Waals surface area contributed by atoms with Gasteiger partial charge in [0.1, 0.15) is 0 Å². The first-order chi connectivity index (χ1) is 7.86. The lowest BCUT2D eigenvalue weighted by atomic mass is 9.70. The first kappa shape index (κ1) is 10.4. The van der Waals surface area contributed by atoms with E-state index in [1.807, 2.05) is 0 Å². The molecule has 0 amide bonds. The Morgan fingerprint density at radius 2 is 1.81 bits per heavy atom. The van der Waals surface area contributed by atoms with E-state index in [2.05, 4.69) is 37.3 Å². The summed E-state index contributed by atoms with van der Waals surface area (Å²) < 4.78 is 0. The van der Waals surface area contributed by atoms with Crippen LogP contribution in [-0.2, 0) is 0 Å². The number of hydrogen-bond donors (Lipinski definition) is 0. The number of rotatable bonds is 1. The van der Waals surface area contributed by atoms with Crippen molar-refractivity contribution in [3.63, 3.8) is 0 Å². The maximum atomic E-state index is 2.48. The van der Waals surface area contributed by atoms with Gasteiger partial charge in [0.15, 0.2) is 0 Å². The van der Waals surface area contributed by atoms with Crippen molar-refractivity contribution in [1.82, 2.24) is 0 Å². The van der Waals surface area contributed by atoms with Crippen LogP contribution in [0, 0.1) is 23.7 Å². The lowest BCUT2D eigenvalue weighted by molar-refractivity contribution is 0.256. The maximum Gasteiger partial charge on any atom is 0.00515 e. The fraction of sp³-hybridized carbons (Fsp3) is 0.625. The van der Waals surface area contributed by atoms with Crippen LogP contribution in [0.3, 0.4) is 0 Å². The van der Waals surface area contributed by atoms with Crippen molar-refractivity contribution in [3.05, 3.63) is 36.0 Å². The molecule has 1 saturated carbocycles. The average molecular weight is 214 g/mol. The predicted molar refractivity (Wildman–Crippen MR) is 69.1 cm³/mol. The Morgan fingerprint density at radius 1 is 1.00 bits per heavy atom. The molecule has 0 spiro atoms. The maximum absolute atomic E-state index is 2.48. The number of fused-ring (bicyclic) bond motifs is 1. The monoisotopic (exact) mass is 214 g/mol. The molecule has 3 rings (SSSR count). The quantitative estimate of drug-likeness (QED) is 0.564. The molecule has 3 aliphatic rings. The summed E-state index contributed by atoms with van der Waals surface area (Å²) in [4.78, 5) is 0. The minimum absolute atomic E-state index is 0.682. The van der Waals surface area contributed by atoms with Crippen LogP contribution in [0.1, 0.15) is 39.0 Å². The SMILES string of the molecule is C[C@@H]1C=C[C@H]2C1=CC=CC2C1CCCCC1. The fourth-order valence-electron chi connectivity index (χ4n) is 3.81. The standard InChI is InChI=1S/C16H22/c1-12-10-11-16-14(12)8-5-9-15(16)13-6-3-2-4-7-13/h5,8-13,15-16H,2-4,6-7H2,1H3/t12-,15?,16+/m1/s1. The van der Waals surface area contributed by atoms with Crippen LogP contribution in [0.4, 0.5) is 0 Å². The molecule has 86 valence electrons. The normalized spacial score (nSPS) is 38.6. The van der Waals surface area contributed by atoms with Crippen LogP contribution < -0.4 is 0 Å². The minimum Gasteiger partial charge on any atom is -0.0810 e. The molecule has 0 aromatic heterocycles. The second kappa shape index (κ2) is 4.24. The lowest BCUT2D eigenvalue weighted by Crippen LogP contribution is -2.25. The van der Waals surface area contributed by atoms with E-state index in [1.165, 1.54) is 32.1 Å². The highest BCUT2D eigenvalue weighted by Crippen LogP contribution is 2.44. The van der Waals surface area contributed by atoms with Gasteiger partial charge in [0.25, 0.3) is 0 Å². The molecule has 3 aliphatic carbocycles. The number of allylic oxidation sites excluding steroid dienone is 6. The third-order valence-electron chi connectivity index (χ3n) is 4.75. The third-order valence-corrected chi connectivity index (χ3v) is 4.75. The second-order valence-corrected chi connectivity index (χ2v) is 5.73. The van der Waals surface area contributed by atoms with E-state index in [4.69, 9.17) is 0 Å². The number of hydrogen-bond acceptors (Lipinski definition) is 0. The van der Waals surface area contributed by atoms with E-state index < -0.39 is 0 Å². The van der Waals surface area contributed by atoms with Gasteiger partial charge in [-0.05, 0) is 30.6 Å². The molecule has 0 aliphatic heterocycles. The Morgan fingerprint density at radius 3 is 2.62 bits per heavy atom. The van der Waals surface area contributed by atoms with Gasteiger partial charge in [0.05, 0.1) is 0 Å². The second-order valence-electron chi connectivity index (χ2n) is 5.73. The molecule has 3 atom stereocenters. The van der Waals surface area contributed by atoms with Crippen LogP contribution in [0.15, 0.2) is 36.0 Å². The van der Waals surface area contributed by atoms with Gasteiger partial charge in [0.2, 0.25) is 0 Å². The van der Waals surface area contributed by atoms with E-state index in [9.17, 15) is 0 Å². The lowest BCUT2D eigenvalue weighted by Gasteiger charge is -2.34. The molecule has 0 saturated heterocycles. The molecule has 16 heavy (non-hydrogen) atoms. The van der Waals surface area contributed by atoms with Crippen molar-refractivity contribution in [1.29, 1.82) is 0 Å². The highest BCUT2D eigenvalue weighted by Gasteiger charge is 2.34. The fourth-order valence-corrected chi connectivity index (χ4v) is 3.81. The Bertz CT molecular complexity index is 339. The summed E-state index contributed by atoms with van der Waals surface area (Å²) in [5.74, 6) is 3.18. The van der Waals surface area contributed by atoms with Gasteiger partial charge in [0, 0.05) is 5.92 Å². The smallest absolute Gasteiger partial charge is 0.00515 e. The van der Waals surface area contributed by atoms with Crippen LogP contribution in [-0.4, -0.2) is 0 Å². The van der Waals surface area contributed by atoms with Crippen LogP contribution in [0.25, 0.3) is 0 Å². The van der Waals surface area contributed by atoms with E-state index in [1.54, 1.807) is 5.57 Å². The van der Waals surface area contributed by atoms with Crippen molar-refractivity contribution >= 4 is 0 Å². The van der Waals surface area contributed by atoms with Gasteiger partial charge < -0.3 is 0 Å². The Hall–Kier alpha value is -0.780. The molecule has 1 fully saturated rings. The zero-order valence-corrected chi connectivity index (χ0v) is 10.2. The molecule has 0 nitrogen and oxygen atoms in total. The summed E-state index contributed by atoms with van der Waals surface area (Å²) in [5.41, 5.74) is 1.66. The van der Waals surface area contributed by atoms with Gasteiger partial charge in [-0.3, -0.25) is 0 Å². The van der Waals surface area contributed by atoms with Crippen molar-refractivity contribution in [2.75, 3.05) is 0 Å². The summed E-state index contributed by atoms with van der Waals surface area (Å²) >= 11 is 0. The van der Waals surface area contributed by atoms with Gasteiger partial charge in [-0.15, -0.1) is 0 Å². The summed E-state index contributed by atoms with van der Waals surface area (Å²) in [6.07, 6.45) is 19.3. The van der Waals surface area contributed by atoms with Crippen molar-refractivity contribution < 1.29 is 0 Å². The Kier molecular flexibility index (Phi) is 2.75. The van der Waals surface area contributed by atoms with Crippen molar-refractivity contribution in [2.24, 2.45) is 23.7 Å². The topological polar surface area (TPSA) is 0 Å². The zero-order valence-electron chi connectivity index (χ0n) is 10.2. The van der Waals surface area contributed by atoms with Crippen LogP contribution in [0.2, 0.25) is 0 Å².